The number of likely N-dealkylation sites (tertiary alicyclic amines) is 1. The lowest BCUT2D eigenvalue weighted by molar-refractivity contribution is -0.124. The Labute approximate surface area is 228 Å². The van der Waals surface area contributed by atoms with Crippen molar-refractivity contribution >= 4 is 11.0 Å². The molecule has 4 heterocycles. The van der Waals surface area contributed by atoms with Crippen molar-refractivity contribution in [2.75, 3.05) is 20.2 Å². The van der Waals surface area contributed by atoms with Gasteiger partial charge in [-0.15, -0.1) is 0 Å². The molecule has 0 spiro atoms. The van der Waals surface area contributed by atoms with Gasteiger partial charge < -0.3 is 14.4 Å². The lowest BCUT2D eigenvalue weighted by Gasteiger charge is -2.55. The molecule has 7 rings (SSSR count). The Bertz CT molecular complexity index is 1070. The standard InChI is InChI=1S/C32H48N4O2/c1-38-32(37)24-12-14-34(15-13-24)21-31-33-29-10-2-3-11-30(29)36(31)28-19-25-8-5-9-26(20-28)35(25)27-17-22-6-4-7-23(16-22)18-27/h2-3,10-11,22-28,32,37H,4-9,12-21H2,1H3. The van der Waals surface area contributed by atoms with Crippen LogP contribution in [0.2, 0.25) is 0 Å². The molecule has 5 aliphatic rings. The number of benzene rings is 1. The van der Waals surface area contributed by atoms with Gasteiger partial charge in [-0.3, -0.25) is 9.80 Å². The molecule has 1 aromatic heterocycles. The van der Waals surface area contributed by atoms with Crippen LogP contribution in [0, 0.1) is 17.8 Å². The van der Waals surface area contributed by atoms with Crippen LogP contribution in [0.4, 0.5) is 0 Å². The van der Waals surface area contributed by atoms with Crippen LogP contribution >= 0.6 is 0 Å². The second kappa shape index (κ2) is 10.8. The summed E-state index contributed by atoms with van der Waals surface area (Å²) in [5.74, 6) is 3.51. The normalized spacial score (nSPS) is 35.9. The summed E-state index contributed by atoms with van der Waals surface area (Å²) < 4.78 is 7.88. The lowest BCUT2D eigenvalue weighted by Crippen LogP contribution is -2.58. The minimum Gasteiger partial charge on any atom is -0.368 e. The molecule has 0 amide bonds. The third-order valence-corrected chi connectivity index (χ3v) is 11.2. The minimum atomic E-state index is -0.630. The van der Waals surface area contributed by atoms with Crippen LogP contribution in [0.25, 0.3) is 11.0 Å². The van der Waals surface area contributed by atoms with E-state index in [0.717, 1.165) is 68.0 Å². The summed E-state index contributed by atoms with van der Waals surface area (Å²) in [4.78, 5) is 10.9. The summed E-state index contributed by atoms with van der Waals surface area (Å²) in [6.07, 6.45) is 17.0. The van der Waals surface area contributed by atoms with E-state index in [1.54, 1.807) is 7.11 Å². The minimum absolute atomic E-state index is 0.248. The molecule has 6 heteroatoms. The number of fused-ring (bicyclic) bond motifs is 5. The van der Waals surface area contributed by atoms with Gasteiger partial charge in [0.2, 0.25) is 0 Å². The molecular formula is C32H48N4O2. The summed E-state index contributed by atoms with van der Waals surface area (Å²) in [5.41, 5.74) is 2.48. The molecule has 2 saturated carbocycles. The summed E-state index contributed by atoms with van der Waals surface area (Å²) in [5, 5.41) is 10.1. The second-order valence-corrected chi connectivity index (χ2v) is 13.5. The van der Waals surface area contributed by atoms with E-state index >= 15 is 0 Å². The molecular weight excluding hydrogens is 472 g/mol. The number of rotatable bonds is 6. The van der Waals surface area contributed by atoms with Crippen molar-refractivity contribution in [2.45, 2.75) is 120 Å². The number of aliphatic hydroxyl groups is 1. The molecule has 6 nitrogen and oxygen atoms in total. The Balaban J connectivity index is 1.11. The number of aromatic nitrogens is 2. The largest absolute Gasteiger partial charge is 0.368 e. The van der Waals surface area contributed by atoms with Gasteiger partial charge in [0, 0.05) is 37.2 Å². The van der Waals surface area contributed by atoms with Gasteiger partial charge in [0.25, 0.3) is 0 Å². The summed E-state index contributed by atoms with van der Waals surface area (Å²) in [7, 11) is 1.61. The molecule has 2 aromatic rings. The Morgan fingerprint density at radius 2 is 1.53 bits per heavy atom. The van der Waals surface area contributed by atoms with E-state index in [1.807, 2.05) is 0 Å². The van der Waals surface area contributed by atoms with E-state index in [1.165, 1.54) is 82.0 Å². The highest BCUT2D eigenvalue weighted by molar-refractivity contribution is 5.76. The maximum absolute atomic E-state index is 10.1. The average molecular weight is 521 g/mol. The van der Waals surface area contributed by atoms with Crippen molar-refractivity contribution in [3.8, 4) is 0 Å². The van der Waals surface area contributed by atoms with Crippen molar-refractivity contribution in [1.29, 1.82) is 0 Å². The Morgan fingerprint density at radius 3 is 2.24 bits per heavy atom. The fourth-order valence-corrected chi connectivity index (χ4v) is 9.54. The second-order valence-electron chi connectivity index (χ2n) is 13.5. The summed E-state index contributed by atoms with van der Waals surface area (Å²) >= 11 is 0. The molecule has 2 aliphatic carbocycles. The Hall–Kier alpha value is -1.47. The third-order valence-electron chi connectivity index (χ3n) is 11.2. The van der Waals surface area contributed by atoms with Crippen LogP contribution < -0.4 is 0 Å². The topological polar surface area (TPSA) is 53.8 Å². The fourth-order valence-electron chi connectivity index (χ4n) is 9.54. The maximum Gasteiger partial charge on any atom is 0.157 e. The SMILES string of the molecule is COC(O)C1CCN(Cc2nc3ccccc3n2C2CC3CCCC(C2)N3C2CC3CCCC(C3)C2)CC1. The van der Waals surface area contributed by atoms with E-state index in [9.17, 15) is 5.11 Å². The first-order valence-electron chi connectivity index (χ1n) is 15.8. The van der Waals surface area contributed by atoms with Gasteiger partial charge in [-0.05, 0) is 94.8 Å². The number of para-hydroxylation sites is 2. The smallest absolute Gasteiger partial charge is 0.157 e. The quantitative estimate of drug-likeness (QED) is 0.492. The highest BCUT2D eigenvalue weighted by Gasteiger charge is 2.45. The molecule has 38 heavy (non-hydrogen) atoms. The van der Waals surface area contributed by atoms with Crippen molar-refractivity contribution in [3.05, 3.63) is 30.1 Å². The number of hydrogen-bond acceptors (Lipinski definition) is 5. The number of ether oxygens (including phenoxy) is 1. The first-order chi connectivity index (χ1) is 18.7. The molecule has 208 valence electrons. The molecule has 3 saturated heterocycles. The molecule has 1 aromatic carbocycles. The molecule has 4 bridgehead atoms. The number of methoxy groups -OCH3 is 1. The number of piperidine rings is 3. The van der Waals surface area contributed by atoms with Gasteiger partial charge in [0.05, 0.1) is 17.6 Å². The van der Waals surface area contributed by atoms with Gasteiger partial charge in [0.15, 0.2) is 6.29 Å². The highest BCUT2D eigenvalue weighted by atomic mass is 16.6. The summed E-state index contributed by atoms with van der Waals surface area (Å²) in [6, 6.07) is 11.7. The van der Waals surface area contributed by atoms with Gasteiger partial charge in [0.1, 0.15) is 5.82 Å². The first-order valence-corrected chi connectivity index (χ1v) is 15.8. The zero-order valence-electron chi connectivity index (χ0n) is 23.4. The van der Waals surface area contributed by atoms with Gasteiger partial charge >= 0.3 is 0 Å². The number of nitrogens with zero attached hydrogens (tertiary/aromatic N) is 4. The van der Waals surface area contributed by atoms with Crippen LogP contribution in [0.1, 0.15) is 95.3 Å². The van der Waals surface area contributed by atoms with Crippen LogP contribution in [0.3, 0.4) is 0 Å². The highest BCUT2D eigenvalue weighted by Crippen LogP contribution is 2.48. The van der Waals surface area contributed by atoms with E-state index in [2.05, 4.69) is 38.6 Å². The molecule has 3 aliphatic heterocycles. The van der Waals surface area contributed by atoms with Gasteiger partial charge in [-0.1, -0.05) is 37.8 Å². The van der Waals surface area contributed by atoms with Crippen LogP contribution in [0.5, 0.6) is 0 Å². The van der Waals surface area contributed by atoms with E-state index in [4.69, 9.17) is 9.72 Å². The zero-order chi connectivity index (χ0) is 25.6. The number of imidazole rings is 1. The molecule has 1 N–H and O–H groups in total. The van der Waals surface area contributed by atoms with Crippen LogP contribution in [0.15, 0.2) is 24.3 Å². The number of hydrogen-bond donors (Lipinski definition) is 1. The maximum atomic E-state index is 10.1. The molecule has 0 radical (unpaired) electrons. The van der Waals surface area contributed by atoms with Crippen molar-refractivity contribution in [2.24, 2.45) is 17.8 Å². The average Bonchev–Trinajstić information content (AvgIpc) is 3.30. The van der Waals surface area contributed by atoms with E-state index in [-0.39, 0.29) is 5.92 Å². The fraction of sp³-hybridized carbons (Fsp3) is 0.781. The monoisotopic (exact) mass is 520 g/mol. The van der Waals surface area contributed by atoms with Crippen LogP contribution in [-0.4, -0.2) is 69.1 Å². The predicted octanol–water partition coefficient (Wildman–Crippen LogP) is 5.74. The Morgan fingerprint density at radius 1 is 0.842 bits per heavy atom. The van der Waals surface area contributed by atoms with Crippen molar-refractivity contribution < 1.29 is 9.84 Å². The molecule has 5 unspecified atom stereocenters. The zero-order valence-corrected chi connectivity index (χ0v) is 23.4. The number of aliphatic hydroxyl groups excluding tert-OH is 1. The Kier molecular flexibility index (Phi) is 7.27. The van der Waals surface area contributed by atoms with Crippen molar-refractivity contribution in [1.82, 2.24) is 19.4 Å². The molecule has 5 atom stereocenters. The van der Waals surface area contributed by atoms with Crippen molar-refractivity contribution in [3.63, 3.8) is 0 Å². The third kappa shape index (κ3) is 4.84. The predicted molar refractivity (Wildman–Crippen MR) is 151 cm³/mol. The first kappa shape index (κ1) is 25.5. The van der Waals surface area contributed by atoms with E-state index in [0.29, 0.717) is 6.04 Å². The van der Waals surface area contributed by atoms with Crippen LogP contribution in [-0.2, 0) is 11.3 Å². The van der Waals surface area contributed by atoms with Gasteiger partial charge in [-0.2, -0.15) is 0 Å². The lowest BCUT2D eigenvalue weighted by atomic mass is 9.68. The molecule has 5 fully saturated rings. The van der Waals surface area contributed by atoms with Gasteiger partial charge in [-0.25, -0.2) is 4.98 Å². The van der Waals surface area contributed by atoms with E-state index < -0.39 is 6.29 Å². The summed E-state index contributed by atoms with van der Waals surface area (Å²) in [6.45, 7) is 2.91.